The maximum Gasteiger partial charge on any atom is 0.354 e. The number of benzene rings is 1. The lowest BCUT2D eigenvalue weighted by Crippen LogP contribution is -2.13. The van der Waals surface area contributed by atoms with Crippen LogP contribution in [0.5, 0.6) is 0 Å². The zero-order valence-electron chi connectivity index (χ0n) is 13.9. The van der Waals surface area contributed by atoms with Gasteiger partial charge in [-0.2, -0.15) is 0 Å². The van der Waals surface area contributed by atoms with Gasteiger partial charge < -0.3 is 15.0 Å². The maximum absolute atomic E-state index is 12.5. The second kappa shape index (κ2) is 6.63. The number of fused-ring (bicyclic) bond motifs is 1. The SMILES string of the molecule is COC(=O)c1cc2cc(NC(=O)c3cc([N+](=O)[O-])ccc3C)cnc2[nH]1. The van der Waals surface area contributed by atoms with E-state index in [2.05, 4.69) is 20.0 Å². The summed E-state index contributed by atoms with van der Waals surface area (Å²) in [6.07, 6.45) is 1.42. The van der Waals surface area contributed by atoms with E-state index in [1.807, 2.05) is 0 Å². The van der Waals surface area contributed by atoms with Crippen molar-refractivity contribution < 1.29 is 19.2 Å². The van der Waals surface area contributed by atoms with Crippen molar-refractivity contribution in [2.24, 2.45) is 0 Å². The number of nitrogens with zero attached hydrogens (tertiary/aromatic N) is 2. The number of amides is 1. The van der Waals surface area contributed by atoms with Gasteiger partial charge in [-0.1, -0.05) is 6.07 Å². The van der Waals surface area contributed by atoms with Crippen LogP contribution in [-0.2, 0) is 4.74 Å². The predicted molar refractivity (Wildman–Crippen MR) is 93.2 cm³/mol. The van der Waals surface area contributed by atoms with E-state index in [-0.39, 0.29) is 16.9 Å². The van der Waals surface area contributed by atoms with Crippen molar-refractivity contribution >= 4 is 34.3 Å². The molecule has 9 heteroatoms. The van der Waals surface area contributed by atoms with E-state index in [9.17, 15) is 19.7 Å². The Morgan fingerprint density at radius 1 is 1.27 bits per heavy atom. The molecule has 0 atom stereocenters. The number of nitro groups is 1. The highest BCUT2D eigenvalue weighted by atomic mass is 16.6. The Morgan fingerprint density at radius 2 is 2.04 bits per heavy atom. The molecule has 0 aliphatic rings. The third kappa shape index (κ3) is 3.22. The number of esters is 1. The molecule has 1 aromatic carbocycles. The standard InChI is InChI=1S/C17H14N4O5/c1-9-3-4-12(21(24)25)7-13(9)16(22)19-11-5-10-6-14(17(23)26-2)20-15(10)18-8-11/h3-8H,1-2H3,(H,18,20)(H,19,22). The molecule has 0 spiro atoms. The van der Waals surface area contributed by atoms with Gasteiger partial charge in [0, 0.05) is 23.1 Å². The summed E-state index contributed by atoms with van der Waals surface area (Å²) in [5, 5.41) is 14.2. The molecule has 3 aromatic rings. The Bertz CT molecular complexity index is 1040. The first-order chi connectivity index (χ1) is 12.4. The quantitative estimate of drug-likeness (QED) is 0.421. The van der Waals surface area contributed by atoms with E-state index in [0.29, 0.717) is 22.3 Å². The first kappa shape index (κ1) is 17.1. The van der Waals surface area contributed by atoms with E-state index in [1.165, 1.54) is 31.5 Å². The Labute approximate surface area is 147 Å². The van der Waals surface area contributed by atoms with E-state index in [4.69, 9.17) is 0 Å². The van der Waals surface area contributed by atoms with Gasteiger partial charge in [0.15, 0.2) is 0 Å². The van der Waals surface area contributed by atoms with Crippen LogP contribution >= 0.6 is 0 Å². The van der Waals surface area contributed by atoms with E-state index >= 15 is 0 Å². The molecular formula is C17H14N4O5. The largest absolute Gasteiger partial charge is 0.464 e. The zero-order chi connectivity index (χ0) is 18.8. The third-order valence-corrected chi connectivity index (χ3v) is 3.81. The minimum atomic E-state index is -0.558. The van der Waals surface area contributed by atoms with Crippen LogP contribution in [0.25, 0.3) is 11.0 Å². The molecule has 0 bridgehead atoms. The van der Waals surface area contributed by atoms with Crippen LogP contribution in [0.3, 0.4) is 0 Å². The summed E-state index contributed by atoms with van der Waals surface area (Å²) >= 11 is 0. The summed E-state index contributed by atoms with van der Waals surface area (Å²) in [4.78, 5) is 41.3. The number of non-ortho nitro benzene ring substituents is 1. The number of hydrogen-bond acceptors (Lipinski definition) is 6. The smallest absolute Gasteiger partial charge is 0.354 e. The molecule has 0 unspecified atom stereocenters. The van der Waals surface area contributed by atoms with Gasteiger partial charge in [-0.3, -0.25) is 14.9 Å². The molecule has 132 valence electrons. The Hall–Kier alpha value is -3.75. The number of rotatable bonds is 4. The highest BCUT2D eigenvalue weighted by Crippen LogP contribution is 2.21. The molecule has 0 saturated heterocycles. The van der Waals surface area contributed by atoms with E-state index < -0.39 is 16.8 Å². The molecule has 2 aromatic heterocycles. The molecule has 0 saturated carbocycles. The van der Waals surface area contributed by atoms with Gasteiger partial charge in [-0.05, 0) is 24.6 Å². The number of aryl methyl sites for hydroxylation is 1. The summed E-state index contributed by atoms with van der Waals surface area (Å²) in [5.41, 5.74) is 1.75. The lowest BCUT2D eigenvalue weighted by molar-refractivity contribution is -0.384. The number of hydrogen-bond donors (Lipinski definition) is 2. The lowest BCUT2D eigenvalue weighted by atomic mass is 10.1. The average molecular weight is 354 g/mol. The lowest BCUT2D eigenvalue weighted by Gasteiger charge is -2.07. The number of ether oxygens (including phenoxy) is 1. The first-order valence-corrected chi connectivity index (χ1v) is 7.52. The molecule has 2 N–H and O–H groups in total. The van der Waals surface area contributed by atoms with Crippen molar-refractivity contribution in [1.82, 2.24) is 9.97 Å². The average Bonchev–Trinajstić information content (AvgIpc) is 3.04. The number of nitrogens with one attached hydrogen (secondary N) is 2. The molecule has 0 aliphatic heterocycles. The second-order valence-corrected chi connectivity index (χ2v) is 5.55. The highest BCUT2D eigenvalue weighted by molar-refractivity contribution is 6.06. The van der Waals surface area contributed by atoms with Crippen LogP contribution in [-0.4, -0.2) is 33.9 Å². The van der Waals surface area contributed by atoms with Crippen molar-refractivity contribution in [2.75, 3.05) is 12.4 Å². The van der Waals surface area contributed by atoms with Crippen molar-refractivity contribution in [1.29, 1.82) is 0 Å². The summed E-state index contributed by atoms with van der Waals surface area (Å²) in [7, 11) is 1.27. The number of carbonyl (C=O) groups excluding carboxylic acids is 2. The normalized spacial score (nSPS) is 10.5. The molecule has 0 radical (unpaired) electrons. The van der Waals surface area contributed by atoms with Gasteiger partial charge >= 0.3 is 5.97 Å². The molecule has 0 fully saturated rings. The van der Waals surface area contributed by atoms with Gasteiger partial charge in [0.05, 0.1) is 23.9 Å². The number of carbonyl (C=O) groups is 2. The number of aromatic nitrogens is 2. The fraction of sp³-hybridized carbons (Fsp3) is 0.118. The summed E-state index contributed by atoms with van der Waals surface area (Å²) in [5.74, 6) is -1.02. The number of H-pyrrole nitrogens is 1. The van der Waals surface area contributed by atoms with Gasteiger partial charge in [0.1, 0.15) is 11.3 Å². The minimum absolute atomic E-state index is 0.164. The molecule has 1 amide bonds. The maximum atomic E-state index is 12.5. The number of pyridine rings is 1. The molecule has 2 heterocycles. The number of nitro benzene ring substituents is 1. The number of aromatic amines is 1. The van der Waals surface area contributed by atoms with E-state index in [1.54, 1.807) is 19.1 Å². The summed E-state index contributed by atoms with van der Waals surface area (Å²) in [6.45, 7) is 1.69. The van der Waals surface area contributed by atoms with Gasteiger partial charge in [-0.25, -0.2) is 9.78 Å². The van der Waals surface area contributed by atoms with Crippen molar-refractivity contribution in [3.05, 3.63) is 63.5 Å². The second-order valence-electron chi connectivity index (χ2n) is 5.55. The van der Waals surface area contributed by atoms with Crippen LogP contribution in [0.1, 0.15) is 26.4 Å². The van der Waals surface area contributed by atoms with Gasteiger partial charge in [0.25, 0.3) is 11.6 Å². The molecule has 9 nitrogen and oxygen atoms in total. The van der Waals surface area contributed by atoms with Crippen molar-refractivity contribution in [2.45, 2.75) is 6.92 Å². The van der Waals surface area contributed by atoms with E-state index in [0.717, 1.165) is 0 Å². The monoisotopic (exact) mass is 354 g/mol. The van der Waals surface area contributed by atoms with Crippen molar-refractivity contribution in [3.63, 3.8) is 0 Å². The van der Waals surface area contributed by atoms with Crippen molar-refractivity contribution in [3.8, 4) is 0 Å². The van der Waals surface area contributed by atoms with Gasteiger partial charge in [-0.15, -0.1) is 0 Å². The van der Waals surface area contributed by atoms with Crippen LogP contribution in [0, 0.1) is 17.0 Å². The molecule has 26 heavy (non-hydrogen) atoms. The van der Waals surface area contributed by atoms with Crippen LogP contribution in [0.15, 0.2) is 36.5 Å². The first-order valence-electron chi connectivity index (χ1n) is 7.52. The molecule has 0 aliphatic carbocycles. The Kier molecular flexibility index (Phi) is 4.36. The third-order valence-electron chi connectivity index (χ3n) is 3.81. The van der Waals surface area contributed by atoms with Crippen LogP contribution in [0.2, 0.25) is 0 Å². The fourth-order valence-electron chi connectivity index (χ4n) is 2.47. The molecule has 3 rings (SSSR count). The van der Waals surface area contributed by atoms with Crippen LogP contribution < -0.4 is 5.32 Å². The molecular weight excluding hydrogens is 340 g/mol. The Balaban J connectivity index is 1.88. The number of methoxy groups -OCH3 is 1. The number of anilines is 1. The van der Waals surface area contributed by atoms with Crippen LogP contribution in [0.4, 0.5) is 11.4 Å². The highest BCUT2D eigenvalue weighted by Gasteiger charge is 2.16. The fourth-order valence-corrected chi connectivity index (χ4v) is 2.47. The summed E-state index contributed by atoms with van der Waals surface area (Å²) in [6, 6.07) is 7.28. The minimum Gasteiger partial charge on any atom is -0.464 e. The van der Waals surface area contributed by atoms with Gasteiger partial charge in [0.2, 0.25) is 0 Å². The zero-order valence-corrected chi connectivity index (χ0v) is 13.9. The predicted octanol–water partition coefficient (Wildman–Crippen LogP) is 2.82. The summed E-state index contributed by atoms with van der Waals surface area (Å²) < 4.78 is 4.64. The topological polar surface area (TPSA) is 127 Å². The Morgan fingerprint density at radius 3 is 2.73 bits per heavy atom.